The molecular weight excluding hydrogens is 1020 g/mol. The lowest BCUT2D eigenvalue weighted by Crippen LogP contribution is -2.30. The van der Waals surface area contributed by atoms with Crippen LogP contribution in [0, 0.1) is 0 Å². The molecular formula is C68H125O11P. The largest absolute Gasteiger partial charge is 0.472 e. The number of ether oxygens (including phenoxy) is 3. The standard InChI is InChI=1S/C68H125O11P/c1-4-7-10-13-16-19-22-25-28-30-32-34-37-40-43-46-49-52-55-58-67(71)78-64(60-69)62-76-80(73,74)77-63-65(61-75-66(70)57-54-51-48-45-42-39-36-27-24-21-18-15-12-9-6-3)79-68(72)59-56-53-50-47-44-41-38-35-33-31-29-26-23-20-17-14-11-8-5-2/h9,12,18,21,27,36,42,45,64-65,69H,4-8,10-11,13-17,19-20,22-26,28-35,37-41,43-44,46-63H2,1-3H3,(H,73,74)/b12-9-,21-18-,36-27-,45-42-. The maximum atomic E-state index is 13.0. The van der Waals surface area contributed by atoms with Gasteiger partial charge >= 0.3 is 25.7 Å². The number of carbonyl (C=O) groups is 3. The molecule has 0 aromatic carbocycles. The highest BCUT2D eigenvalue weighted by Crippen LogP contribution is 2.43. The van der Waals surface area contributed by atoms with Gasteiger partial charge in [-0.15, -0.1) is 0 Å². The number of unbranched alkanes of at least 4 members (excludes halogenated alkanes) is 38. The molecule has 2 N–H and O–H groups in total. The Morgan fingerprint density at radius 3 is 1.00 bits per heavy atom. The highest BCUT2D eigenvalue weighted by molar-refractivity contribution is 7.47. The summed E-state index contributed by atoms with van der Waals surface area (Å²) in [5, 5.41) is 9.87. The lowest BCUT2D eigenvalue weighted by atomic mass is 10.0. The number of hydrogen-bond donors (Lipinski definition) is 2. The number of hydrogen-bond acceptors (Lipinski definition) is 10. The van der Waals surface area contributed by atoms with Crippen molar-refractivity contribution in [3.8, 4) is 0 Å². The monoisotopic (exact) mass is 1150 g/mol. The minimum atomic E-state index is -4.76. The summed E-state index contributed by atoms with van der Waals surface area (Å²) < 4.78 is 39.7. The van der Waals surface area contributed by atoms with E-state index in [0.29, 0.717) is 19.3 Å². The van der Waals surface area contributed by atoms with Crippen molar-refractivity contribution in [3.63, 3.8) is 0 Å². The maximum Gasteiger partial charge on any atom is 0.472 e. The Balaban J connectivity index is 4.65. The van der Waals surface area contributed by atoms with Gasteiger partial charge in [-0.25, -0.2) is 4.57 Å². The normalized spacial score (nSPS) is 13.5. The van der Waals surface area contributed by atoms with E-state index < -0.39 is 57.8 Å². The molecule has 0 rings (SSSR count). The average molecular weight is 1150 g/mol. The van der Waals surface area contributed by atoms with Crippen molar-refractivity contribution in [1.82, 2.24) is 0 Å². The van der Waals surface area contributed by atoms with Gasteiger partial charge in [0.05, 0.1) is 19.8 Å². The molecule has 3 atom stereocenters. The highest BCUT2D eigenvalue weighted by Gasteiger charge is 2.28. The van der Waals surface area contributed by atoms with Gasteiger partial charge in [0.15, 0.2) is 6.10 Å². The first-order chi connectivity index (χ1) is 39.2. The Hall–Kier alpha value is -2.56. The van der Waals surface area contributed by atoms with E-state index in [-0.39, 0.29) is 25.9 Å². The van der Waals surface area contributed by atoms with Crippen molar-refractivity contribution in [2.75, 3.05) is 26.4 Å². The van der Waals surface area contributed by atoms with Crippen LogP contribution in [0.4, 0.5) is 0 Å². The Bertz CT molecular complexity index is 1530. The van der Waals surface area contributed by atoms with Crippen LogP contribution in [0.2, 0.25) is 0 Å². The number of phosphoric acid groups is 1. The van der Waals surface area contributed by atoms with Crippen LogP contribution in [0.5, 0.6) is 0 Å². The van der Waals surface area contributed by atoms with Gasteiger partial charge in [0, 0.05) is 19.3 Å². The summed E-state index contributed by atoms with van der Waals surface area (Å²) >= 11 is 0. The molecule has 0 aromatic rings. The highest BCUT2D eigenvalue weighted by atomic mass is 31.2. The van der Waals surface area contributed by atoms with Gasteiger partial charge in [-0.3, -0.25) is 23.4 Å². The third kappa shape index (κ3) is 60.0. The Morgan fingerprint density at radius 2 is 0.650 bits per heavy atom. The van der Waals surface area contributed by atoms with Gasteiger partial charge in [-0.05, 0) is 57.8 Å². The summed E-state index contributed by atoms with van der Waals surface area (Å²) in [6.45, 7) is 4.57. The fourth-order valence-corrected chi connectivity index (χ4v) is 10.5. The fraction of sp³-hybridized carbons (Fsp3) is 0.838. The van der Waals surface area contributed by atoms with Gasteiger partial charge in [0.1, 0.15) is 12.7 Å². The molecule has 0 aromatic heterocycles. The number of allylic oxidation sites excluding steroid dienone is 8. The molecule has 0 aliphatic heterocycles. The number of phosphoric ester groups is 1. The zero-order valence-corrected chi connectivity index (χ0v) is 53.0. The zero-order valence-electron chi connectivity index (χ0n) is 52.1. The SMILES string of the molecule is CC/C=C\C/C=C\C/C=C\C/C=C\CCCCC(=O)OCC(COP(=O)(O)OCC(CO)OC(=O)CCCCCCCCCCCCCCCCCCCCC)OC(=O)CCCCCCCCCCCCCCCCCCCCC. The molecule has 11 nitrogen and oxygen atoms in total. The molecule has 3 unspecified atom stereocenters. The van der Waals surface area contributed by atoms with Gasteiger partial charge in [0.25, 0.3) is 0 Å². The van der Waals surface area contributed by atoms with Crippen molar-refractivity contribution in [1.29, 1.82) is 0 Å². The summed E-state index contributed by atoms with van der Waals surface area (Å²) in [5.41, 5.74) is 0. The summed E-state index contributed by atoms with van der Waals surface area (Å²) in [4.78, 5) is 48.8. The van der Waals surface area contributed by atoms with Crippen molar-refractivity contribution in [2.24, 2.45) is 0 Å². The summed E-state index contributed by atoms with van der Waals surface area (Å²) in [5.74, 6) is -1.49. The van der Waals surface area contributed by atoms with E-state index in [2.05, 4.69) is 69.4 Å². The van der Waals surface area contributed by atoms with E-state index in [4.69, 9.17) is 23.3 Å². The molecule has 0 fully saturated rings. The Labute approximate surface area is 492 Å². The Morgan fingerprint density at radius 1 is 0.362 bits per heavy atom. The van der Waals surface area contributed by atoms with Crippen LogP contribution in [0.25, 0.3) is 0 Å². The van der Waals surface area contributed by atoms with Gasteiger partial charge in [0.2, 0.25) is 0 Å². The first-order valence-electron chi connectivity index (χ1n) is 33.5. The molecule has 468 valence electrons. The summed E-state index contributed by atoms with van der Waals surface area (Å²) in [6.07, 6.45) is 69.3. The summed E-state index contributed by atoms with van der Waals surface area (Å²) in [6, 6.07) is 0. The van der Waals surface area contributed by atoms with Crippen LogP contribution in [-0.2, 0) is 42.2 Å². The molecule has 0 saturated carbocycles. The number of aliphatic hydroxyl groups excluding tert-OH is 1. The lowest BCUT2D eigenvalue weighted by Gasteiger charge is -2.21. The van der Waals surface area contributed by atoms with Gasteiger partial charge < -0.3 is 24.2 Å². The number of esters is 3. The van der Waals surface area contributed by atoms with Crippen LogP contribution < -0.4 is 0 Å². The third-order valence-electron chi connectivity index (χ3n) is 14.8. The summed E-state index contributed by atoms with van der Waals surface area (Å²) in [7, 11) is -4.76. The van der Waals surface area contributed by atoms with Crippen molar-refractivity contribution in [3.05, 3.63) is 48.6 Å². The van der Waals surface area contributed by atoms with Crippen LogP contribution in [0.1, 0.15) is 329 Å². The lowest BCUT2D eigenvalue weighted by molar-refractivity contribution is -0.161. The predicted octanol–water partition coefficient (Wildman–Crippen LogP) is 20.5. The molecule has 0 bridgehead atoms. The second-order valence-electron chi connectivity index (χ2n) is 22.6. The van der Waals surface area contributed by atoms with Crippen molar-refractivity contribution in [2.45, 2.75) is 341 Å². The second-order valence-corrected chi connectivity index (χ2v) is 24.1. The van der Waals surface area contributed by atoms with Crippen LogP contribution >= 0.6 is 7.82 Å². The van der Waals surface area contributed by atoms with E-state index in [1.807, 2.05) is 0 Å². The second kappa shape index (κ2) is 62.5. The van der Waals surface area contributed by atoms with Crippen molar-refractivity contribution < 1.29 is 52.2 Å². The molecule has 0 radical (unpaired) electrons. The number of aliphatic hydroxyl groups is 1. The van der Waals surface area contributed by atoms with E-state index >= 15 is 0 Å². The van der Waals surface area contributed by atoms with Gasteiger partial charge in [-0.1, -0.05) is 301 Å². The molecule has 0 aliphatic carbocycles. The fourth-order valence-electron chi connectivity index (χ4n) is 9.70. The average Bonchev–Trinajstić information content (AvgIpc) is 3.45. The molecule has 0 saturated heterocycles. The topological polar surface area (TPSA) is 155 Å². The van der Waals surface area contributed by atoms with Crippen LogP contribution in [-0.4, -0.2) is 66.5 Å². The number of rotatable bonds is 63. The van der Waals surface area contributed by atoms with Crippen LogP contribution in [0.15, 0.2) is 48.6 Å². The number of carbonyl (C=O) groups excluding carboxylic acids is 3. The molecule has 0 amide bonds. The van der Waals surface area contributed by atoms with E-state index in [9.17, 15) is 28.9 Å². The smallest absolute Gasteiger partial charge is 0.462 e. The molecule has 0 spiro atoms. The van der Waals surface area contributed by atoms with Crippen molar-refractivity contribution >= 4 is 25.7 Å². The molecule has 12 heteroatoms. The zero-order chi connectivity index (χ0) is 58.3. The van der Waals surface area contributed by atoms with Gasteiger partial charge in [-0.2, -0.15) is 0 Å². The first kappa shape index (κ1) is 77.4. The van der Waals surface area contributed by atoms with Crippen LogP contribution in [0.3, 0.4) is 0 Å². The maximum absolute atomic E-state index is 13.0. The van der Waals surface area contributed by atoms with E-state index in [1.165, 1.54) is 193 Å². The third-order valence-corrected chi connectivity index (χ3v) is 15.7. The minimum Gasteiger partial charge on any atom is -0.462 e. The first-order valence-corrected chi connectivity index (χ1v) is 35.0. The van der Waals surface area contributed by atoms with E-state index in [0.717, 1.165) is 77.0 Å². The van der Waals surface area contributed by atoms with E-state index in [1.54, 1.807) is 0 Å². The predicted molar refractivity (Wildman–Crippen MR) is 335 cm³/mol. The quantitative estimate of drug-likeness (QED) is 0.0197. The minimum absolute atomic E-state index is 0.164. The Kier molecular flexibility index (Phi) is 60.5. The molecule has 0 heterocycles. The molecule has 0 aliphatic rings. The molecule has 80 heavy (non-hydrogen) atoms.